The molecule has 0 saturated carbocycles. The van der Waals surface area contributed by atoms with Gasteiger partial charge in [0.2, 0.25) is 0 Å². The lowest BCUT2D eigenvalue weighted by Crippen LogP contribution is -2.36. The van der Waals surface area contributed by atoms with Crippen molar-refractivity contribution in [1.29, 1.82) is 0 Å². The van der Waals surface area contributed by atoms with Crippen LogP contribution in [-0.4, -0.2) is 36.3 Å². The summed E-state index contributed by atoms with van der Waals surface area (Å²) >= 11 is 1.13. The van der Waals surface area contributed by atoms with E-state index in [9.17, 15) is 19.2 Å². The molecule has 0 bridgehead atoms. The Kier molecular flexibility index (Phi) is 6.67. The number of anilines is 1. The van der Waals surface area contributed by atoms with Crippen LogP contribution in [0.25, 0.3) is 0 Å². The second kappa shape index (κ2) is 8.95. The van der Waals surface area contributed by atoms with E-state index in [0.29, 0.717) is 5.56 Å². The summed E-state index contributed by atoms with van der Waals surface area (Å²) < 4.78 is 4.99. The predicted molar refractivity (Wildman–Crippen MR) is 101 cm³/mol. The zero-order valence-corrected chi connectivity index (χ0v) is 15.6. The van der Waals surface area contributed by atoms with E-state index in [1.807, 2.05) is 13.0 Å². The van der Waals surface area contributed by atoms with Crippen LogP contribution in [0.15, 0.2) is 35.7 Å². The lowest BCUT2D eigenvalue weighted by Gasteiger charge is -2.13. The highest BCUT2D eigenvalue weighted by molar-refractivity contribution is 7.14. The van der Waals surface area contributed by atoms with Gasteiger partial charge in [0.15, 0.2) is 6.10 Å². The van der Waals surface area contributed by atoms with E-state index < -0.39 is 29.8 Å². The molecule has 1 atom stereocenters. The number of ether oxygens (including phenoxy) is 1. The Balaban J connectivity index is 1.84. The van der Waals surface area contributed by atoms with Crippen molar-refractivity contribution in [2.75, 3.05) is 11.9 Å². The maximum atomic E-state index is 12.1. The number of thiophene rings is 1. The van der Waals surface area contributed by atoms with Crippen LogP contribution in [0, 0.1) is 6.92 Å². The Morgan fingerprint density at radius 2 is 1.96 bits per heavy atom. The molecule has 142 valence electrons. The van der Waals surface area contributed by atoms with Crippen LogP contribution in [-0.2, 0) is 14.3 Å². The molecule has 0 saturated heterocycles. The average Bonchev–Trinajstić information content (AvgIpc) is 3.08. The van der Waals surface area contributed by atoms with Gasteiger partial charge in [-0.3, -0.25) is 19.2 Å². The number of aryl methyl sites for hydroxylation is 1. The number of esters is 1. The first-order valence-electron chi connectivity index (χ1n) is 8.00. The molecule has 0 aliphatic heterocycles. The Labute approximate surface area is 159 Å². The molecule has 1 heterocycles. The quantitative estimate of drug-likeness (QED) is 0.618. The van der Waals surface area contributed by atoms with Gasteiger partial charge in [-0.25, -0.2) is 0 Å². The number of carbonyl (C=O) groups is 4. The molecule has 9 heteroatoms. The van der Waals surface area contributed by atoms with Gasteiger partial charge in [0.05, 0.1) is 5.56 Å². The second-order valence-corrected chi connectivity index (χ2v) is 6.62. The van der Waals surface area contributed by atoms with Gasteiger partial charge in [-0.15, -0.1) is 11.3 Å². The standard InChI is InChI=1S/C18H19N3O5S/c1-10-4-3-5-12(8-10)17(25)20-9-14(22)26-11(2)16(24)21-18-13(15(19)23)6-7-27-18/h3-8,11H,9H2,1-2H3,(H2,19,23)(H,20,25)(H,21,24)/t11-/m1/s1. The molecule has 0 spiro atoms. The van der Waals surface area contributed by atoms with Crippen molar-refractivity contribution >= 4 is 40.0 Å². The number of primary amides is 1. The molecule has 3 amide bonds. The van der Waals surface area contributed by atoms with E-state index in [2.05, 4.69) is 10.6 Å². The summed E-state index contributed by atoms with van der Waals surface area (Å²) in [4.78, 5) is 47.2. The summed E-state index contributed by atoms with van der Waals surface area (Å²) in [6.07, 6.45) is -1.11. The molecule has 4 N–H and O–H groups in total. The summed E-state index contributed by atoms with van der Waals surface area (Å²) in [5.74, 6) is -2.47. The molecule has 0 aliphatic carbocycles. The van der Waals surface area contributed by atoms with Gasteiger partial charge in [0, 0.05) is 5.56 Å². The van der Waals surface area contributed by atoms with Gasteiger partial charge >= 0.3 is 5.97 Å². The van der Waals surface area contributed by atoms with Crippen molar-refractivity contribution in [2.24, 2.45) is 5.73 Å². The van der Waals surface area contributed by atoms with Crippen molar-refractivity contribution in [3.63, 3.8) is 0 Å². The van der Waals surface area contributed by atoms with Gasteiger partial charge < -0.3 is 21.1 Å². The smallest absolute Gasteiger partial charge is 0.326 e. The van der Waals surface area contributed by atoms with Crippen LogP contribution >= 0.6 is 11.3 Å². The van der Waals surface area contributed by atoms with Gasteiger partial charge in [0.1, 0.15) is 11.5 Å². The Morgan fingerprint density at radius 1 is 1.22 bits per heavy atom. The van der Waals surface area contributed by atoms with Gasteiger partial charge in [0.25, 0.3) is 17.7 Å². The molecule has 0 aliphatic rings. The molecule has 0 radical (unpaired) electrons. The number of nitrogens with two attached hydrogens (primary N) is 1. The minimum Gasteiger partial charge on any atom is -0.451 e. The first-order chi connectivity index (χ1) is 12.8. The lowest BCUT2D eigenvalue weighted by molar-refractivity contribution is -0.152. The molecule has 0 fully saturated rings. The molecular weight excluding hydrogens is 370 g/mol. The lowest BCUT2D eigenvalue weighted by atomic mass is 10.1. The minimum absolute atomic E-state index is 0.178. The molecule has 2 aromatic rings. The number of carbonyl (C=O) groups excluding carboxylic acids is 4. The predicted octanol–water partition coefficient (Wildman–Crippen LogP) is 1.46. The summed E-state index contributed by atoms with van der Waals surface area (Å²) in [7, 11) is 0. The van der Waals surface area contributed by atoms with Crippen LogP contribution in [0.5, 0.6) is 0 Å². The molecule has 2 rings (SSSR count). The van der Waals surface area contributed by atoms with Crippen LogP contribution in [0.2, 0.25) is 0 Å². The van der Waals surface area contributed by atoms with E-state index in [1.165, 1.54) is 13.0 Å². The maximum absolute atomic E-state index is 12.1. The van der Waals surface area contributed by atoms with Crippen LogP contribution < -0.4 is 16.4 Å². The van der Waals surface area contributed by atoms with Crippen LogP contribution in [0.1, 0.15) is 33.2 Å². The largest absolute Gasteiger partial charge is 0.451 e. The van der Waals surface area contributed by atoms with E-state index >= 15 is 0 Å². The fraction of sp³-hybridized carbons (Fsp3) is 0.222. The molecule has 0 unspecified atom stereocenters. The number of rotatable bonds is 7. The summed E-state index contributed by atoms with van der Waals surface area (Å²) in [5.41, 5.74) is 6.72. The molecule has 1 aromatic heterocycles. The van der Waals surface area contributed by atoms with Gasteiger partial charge in [-0.2, -0.15) is 0 Å². The molecular formula is C18H19N3O5S. The van der Waals surface area contributed by atoms with E-state index in [-0.39, 0.29) is 17.1 Å². The number of benzene rings is 1. The maximum Gasteiger partial charge on any atom is 0.326 e. The average molecular weight is 389 g/mol. The first-order valence-corrected chi connectivity index (χ1v) is 8.88. The zero-order valence-electron chi connectivity index (χ0n) is 14.8. The highest BCUT2D eigenvalue weighted by atomic mass is 32.1. The van der Waals surface area contributed by atoms with Gasteiger partial charge in [-0.1, -0.05) is 17.7 Å². The van der Waals surface area contributed by atoms with E-state index in [1.54, 1.807) is 23.6 Å². The third kappa shape index (κ3) is 5.65. The third-order valence-electron chi connectivity index (χ3n) is 3.52. The first kappa shape index (κ1) is 20.1. The van der Waals surface area contributed by atoms with Crippen molar-refractivity contribution < 1.29 is 23.9 Å². The Hall–Kier alpha value is -3.20. The van der Waals surface area contributed by atoms with Crippen LogP contribution in [0.3, 0.4) is 0 Å². The number of hydrogen-bond acceptors (Lipinski definition) is 6. The summed E-state index contributed by atoms with van der Waals surface area (Å²) in [6, 6.07) is 8.39. The molecule has 1 aromatic carbocycles. The van der Waals surface area contributed by atoms with E-state index in [4.69, 9.17) is 10.5 Å². The highest BCUT2D eigenvalue weighted by Crippen LogP contribution is 2.22. The van der Waals surface area contributed by atoms with Crippen molar-refractivity contribution in [2.45, 2.75) is 20.0 Å². The van der Waals surface area contributed by atoms with Crippen molar-refractivity contribution in [1.82, 2.24) is 5.32 Å². The third-order valence-corrected chi connectivity index (χ3v) is 4.35. The number of hydrogen-bond donors (Lipinski definition) is 3. The SMILES string of the molecule is Cc1cccc(C(=O)NCC(=O)O[C@H](C)C(=O)Nc2sccc2C(N)=O)c1. The Bertz CT molecular complexity index is 877. The van der Waals surface area contributed by atoms with Crippen molar-refractivity contribution in [3.05, 3.63) is 52.4 Å². The monoisotopic (exact) mass is 389 g/mol. The topological polar surface area (TPSA) is 128 Å². The van der Waals surface area contributed by atoms with Crippen LogP contribution in [0.4, 0.5) is 5.00 Å². The number of nitrogens with one attached hydrogen (secondary N) is 2. The summed E-state index contributed by atoms with van der Waals surface area (Å²) in [6.45, 7) is 2.85. The fourth-order valence-electron chi connectivity index (χ4n) is 2.15. The zero-order chi connectivity index (χ0) is 20.0. The number of amides is 3. The fourth-order valence-corrected chi connectivity index (χ4v) is 2.94. The second-order valence-electron chi connectivity index (χ2n) is 5.70. The van der Waals surface area contributed by atoms with Gasteiger partial charge in [-0.05, 0) is 37.4 Å². The molecule has 8 nitrogen and oxygen atoms in total. The van der Waals surface area contributed by atoms with E-state index in [0.717, 1.165) is 16.9 Å². The normalized spacial score (nSPS) is 11.3. The minimum atomic E-state index is -1.11. The molecule has 27 heavy (non-hydrogen) atoms. The summed E-state index contributed by atoms with van der Waals surface area (Å²) in [5, 5.41) is 6.81. The Morgan fingerprint density at radius 3 is 2.63 bits per heavy atom. The van der Waals surface area contributed by atoms with Crippen molar-refractivity contribution in [3.8, 4) is 0 Å². The highest BCUT2D eigenvalue weighted by Gasteiger charge is 2.21.